The van der Waals surface area contributed by atoms with Crippen LogP contribution in [0, 0.1) is 6.07 Å². The summed E-state index contributed by atoms with van der Waals surface area (Å²) in [5.41, 5.74) is 3.80. The van der Waals surface area contributed by atoms with Gasteiger partial charge in [-0.3, -0.25) is 0 Å². The molecule has 0 aliphatic heterocycles. The molecule has 0 unspecified atom stereocenters. The van der Waals surface area contributed by atoms with Crippen molar-refractivity contribution >= 4 is 10.9 Å². The summed E-state index contributed by atoms with van der Waals surface area (Å²) in [4.78, 5) is 3.29. The predicted molar refractivity (Wildman–Crippen MR) is 74.1 cm³/mol. The summed E-state index contributed by atoms with van der Waals surface area (Å²) in [6, 6.07) is 19.5. The van der Waals surface area contributed by atoms with E-state index in [0.717, 1.165) is 13.1 Å². The molecule has 3 rings (SSSR count). The Kier molecular flexibility index (Phi) is 3.11. The summed E-state index contributed by atoms with van der Waals surface area (Å²) in [6.45, 7) is 1.76. The Morgan fingerprint density at radius 3 is 2.72 bits per heavy atom. The second-order valence-corrected chi connectivity index (χ2v) is 4.37. The number of H-pyrrole nitrogens is 1. The highest BCUT2D eigenvalue weighted by Crippen LogP contribution is 2.17. The Morgan fingerprint density at radius 1 is 1.00 bits per heavy atom. The van der Waals surface area contributed by atoms with Gasteiger partial charge in [-0.25, -0.2) is 0 Å². The van der Waals surface area contributed by atoms with Gasteiger partial charge in [-0.15, -0.1) is 0 Å². The smallest absolute Gasteiger partial charge is 0.0457 e. The van der Waals surface area contributed by atoms with Crippen molar-refractivity contribution in [3.63, 3.8) is 0 Å². The molecule has 18 heavy (non-hydrogen) atoms. The Morgan fingerprint density at radius 2 is 1.83 bits per heavy atom. The lowest BCUT2D eigenvalue weighted by Crippen LogP contribution is -2.12. The molecule has 0 saturated carbocycles. The summed E-state index contributed by atoms with van der Waals surface area (Å²) in [5.74, 6) is 0. The lowest BCUT2D eigenvalue weighted by molar-refractivity contribution is 0.696. The van der Waals surface area contributed by atoms with Gasteiger partial charge in [-0.2, -0.15) is 0 Å². The topological polar surface area (TPSA) is 27.8 Å². The van der Waals surface area contributed by atoms with Crippen LogP contribution < -0.4 is 5.32 Å². The van der Waals surface area contributed by atoms with Crippen molar-refractivity contribution in [3.8, 4) is 0 Å². The highest BCUT2D eigenvalue weighted by molar-refractivity contribution is 5.82. The molecule has 1 aromatic heterocycles. The highest BCUT2D eigenvalue weighted by atomic mass is 14.9. The monoisotopic (exact) mass is 235 g/mol. The Bertz CT molecular complexity index is 626. The Balaban J connectivity index is 1.67. The molecule has 0 amide bonds. The SMILES string of the molecule is [c]1ccc(CNCc2c[nH]c3ccccc23)cc1. The van der Waals surface area contributed by atoms with E-state index in [0.29, 0.717) is 0 Å². The van der Waals surface area contributed by atoms with Crippen molar-refractivity contribution in [2.75, 3.05) is 0 Å². The first-order valence-corrected chi connectivity index (χ1v) is 6.14. The second kappa shape index (κ2) is 5.07. The second-order valence-electron chi connectivity index (χ2n) is 4.37. The fraction of sp³-hybridized carbons (Fsp3) is 0.125. The van der Waals surface area contributed by atoms with Crippen molar-refractivity contribution in [2.24, 2.45) is 0 Å². The van der Waals surface area contributed by atoms with E-state index in [9.17, 15) is 0 Å². The van der Waals surface area contributed by atoms with Gasteiger partial charge in [0.25, 0.3) is 0 Å². The molecule has 0 fully saturated rings. The number of benzene rings is 2. The third-order valence-electron chi connectivity index (χ3n) is 3.11. The fourth-order valence-electron chi connectivity index (χ4n) is 2.16. The van der Waals surface area contributed by atoms with Gasteiger partial charge >= 0.3 is 0 Å². The molecule has 2 aromatic carbocycles. The molecule has 0 aliphatic rings. The molecule has 1 heterocycles. The van der Waals surface area contributed by atoms with Crippen LogP contribution >= 0.6 is 0 Å². The molecule has 3 aromatic rings. The van der Waals surface area contributed by atoms with Crippen LogP contribution in [0.3, 0.4) is 0 Å². The number of para-hydroxylation sites is 1. The number of hydrogen-bond acceptors (Lipinski definition) is 1. The molecule has 2 N–H and O–H groups in total. The number of aromatic nitrogens is 1. The summed E-state index contributed by atoms with van der Waals surface area (Å²) >= 11 is 0. The van der Waals surface area contributed by atoms with Crippen molar-refractivity contribution in [2.45, 2.75) is 13.1 Å². The van der Waals surface area contributed by atoms with E-state index in [1.807, 2.05) is 12.1 Å². The summed E-state index contributed by atoms with van der Waals surface area (Å²) in [7, 11) is 0. The first kappa shape index (κ1) is 11.1. The van der Waals surface area contributed by atoms with Crippen LogP contribution in [0.1, 0.15) is 11.1 Å². The minimum atomic E-state index is 0.878. The standard InChI is InChI=1S/C16H15N2/c1-2-6-13(7-3-1)10-17-11-14-12-18-16-9-5-4-8-15(14)16/h2-9,12,17-18H,10-11H2. The van der Waals surface area contributed by atoms with E-state index < -0.39 is 0 Å². The summed E-state index contributed by atoms with van der Waals surface area (Å²) < 4.78 is 0. The van der Waals surface area contributed by atoms with Gasteiger partial charge in [0.1, 0.15) is 0 Å². The van der Waals surface area contributed by atoms with Crippen LogP contribution in [-0.2, 0) is 13.1 Å². The minimum absolute atomic E-state index is 0.878. The van der Waals surface area contributed by atoms with E-state index in [-0.39, 0.29) is 0 Å². The normalized spacial score (nSPS) is 10.9. The van der Waals surface area contributed by atoms with Crippen LogP contribution in [0.15, 0.2) is 54.7 Å². The largest absolute Gasteiger partial charge is 0.361 e. The van der Waals surface area contributed by atoms with Crippen molar-refractivity contribution in [1.29, 1.82) is 0 Å². The maximum absolute atomic E-state index is 3.46. The maximum atomic E-state index is 3.46. The van der Waals surface area contributed by atoms with E-state index in [1.165, 1.54) is 22.0 Å². The molecule has 0 atom stereocenters. The molecule has 0 bridgehead atoms. The predicted octanol–water partition coefficient (Wildman–Crippen LogP) is 3.26. The molecule has 89 valence electrons. The molecular formula is C16H15N2. The molecule has 1 radical (unpaired) electrons. The van der Waals surface area contributed by atoms with Gasteiger partial charge in [-0.05, 0) is 23.3 Å². The zero-order chi connectivity index (χ0) is 12.2. The van der Waals surface area contributed by atoms with Crippen LogP contribution in [0.25, 0.3) is 10.9 Å². The molecule has 2 nitrogen and oxygen atoms in total. The maximum Gasteiger partial charge on any atom is 0.0457 e. The first-order valence-electron chi connectivity index (χ1n) is 6.14. The molecule has 0 aliphatic carbocycles. The van der Waals surface area contributed by atoms with Crippen molar-refractivity contribution < 1.29 is 0 Å². The quantitative estimate of drug-likeness (QED) is 0.713. The summed E-state index contributed by atoms with van der Waals surface area (Å²) in [6.07, 6.45) is 2.08. The van der Waals surface area contributed by atoms with Gasteiger partial charge in [0.2, 0.25) is 0 Å². The van der Waals surface area contributed by atoms with Crippen LogP contribution in [-0.4, -0.2) is 4.98 Å². The van der Waals surface area contributed by atoms with E-state index >= 15 is 0 Å². The zero-order valence-corrected chi connectivity index (χ0v) is 10.1. The van der Waals surface area contributed by atoms with Gasteiger partial charge in [-0.1, -0.05) is 42.5 Å². The molecule has 0 saturated heterocycles. The number of fused-ring (bicyclic) bond motifs is 1. The number of hydrogen-bond donors (Lipinski definition) is 2. The number of aromatic amines is 1. The van der Waals surface area contributed by atoms with Crippen molar-refractivity contribution in [1.82, 2.24) is 10.3 Å². The van der Waals surface area contributed by atoms with Gasteiger partial charge in [0.15, 0.2) is 0 Å². The lowest BCUT2D eigenvalue weighted by Gasteiger charge is -2.03. The first-order chi connectivity index (χ1) is 8.93. The third-order valence-corrected chi connectivity index (χ3v) is 3.11. The van der Waals surface area contributed by atoms with Crippen LogP contribution in [0.4, 0.5) is 0 Å². The zero-order valence-electron chi connectivity index (χ0n) is 10.1. The van der Waals surface area contributed by atoms with E-state index in [1.54, 1.807) is 0 Å². The lowest BCUT2D eigenvalue weighted by atomic mass is 10.1. The van der Waals surface area contributed by atoms with Crippen LogP contribution in [0.5, 0.6) is 0 Å². The van der Waals surface area contributed by atoms with E-state index in [4.69, 9.17) is 0 Å². The van der Waals surface area contributed by atoms with Gasteiger partial charge < -0.3 is 10.3 Å². The number of nitrogens with one attached hydrogen (secondary N) is 2. The highest BCUT2D eigenvalue weighted by Gasteiger charge is 2.01. The summed E-state index contributed by atoms with van der Waals surface area (Å²) in [5, 5.41) is 4.76. The van der Waals surface area contributed by atoms with E-state index in [2.05, 4.69) is 59.0 Å². The average molecular weight is 235 g/mol. The molecule has 0 spiro atoms. The Hall–Kier alpha value is -2.06. The molecular weight excluding hydrogens is 220 g/mol. The Labute approximate surface area is 107 Å². The fourth-order valence-corrected chi connectivity index (χ4v) is 2.16. The average Bonchev–Trinajstić information content (AvgIpc) is 2.84. The van der Waals surface area contributed by atoms with Gasteiger partial charge in [0, 0.05) is 30.2 Å². The third kappa shape index (κ3) is 2.29. The van der Waals surface area contributed by atoms with Crippen LogP contribution in [0.2, 0.25) is 0 Å². The molecule has 2 heteroatoms. The van der Waals surface area contributed by atoms with Gasteiger partial charge in [0.05, 0.1) is 0 Å². The van der Waals surface area contributed by atoms with Crippen molar-refractivity contribution in [3.05, 3.63) is 71.9 Å². The minimum Gasteiger partial charge on any atom is -0.361 e. The number of rotatable bonds is 4.